The van der Waals surface area contributed by atoms with Crippen molar-refractivity contribution in [1.29, 1.82) is 0 Å². The molecule has 2 aromatic rings. The summed E-state index contributed by atoms with van der Waals surface area (Å²) in [7, 11) is 0. The van der Waals surface area contributed by atoms with E-state index < -0.39 is 18.5 Å². The number of nitrogens with two attached hydrogens (primary N) is 1. The summed E-state index contributed by atoms with van der Waals surface area (Å²) in [5, 5.41) is 0. The molecule has 0 radical (unpaired) electrons. The maximum absolute atomic E-state index is 11.5. The third kappa shape index (κ3) is 3.11. The first kappa shape index (κ1) is 13.5. The van der Waals surface area contributed by atoms with Gasteiger partial charge in [0.15, 0.2) is 18.7 Å². The molecule has 0 unspecified atom stereocenters. The zero-order valence-electron chi connectivity index (χ0n) is 10.4. The van der Waals surface area contributed by atoms with Crippen molar-refractivity contribution in [2.45, 2.75) is 0 Å². The standard InChI is InChI=1S/C14H11NO5/c15-13(17)8-19-14(18)10-3-1-9(2-4-10)12-6-5-11(7-16)20-12/h1-7H,8H2,(H2,15,17). The summed E-state index contributed by atoms with van der Waals surface area (Å²) in [5.41, 5.74) is 5.88. The van der Waals surface area contributed by atoms with E-state index in [0.717, 1.165) is 0 Å². The summed E-state index contributed by atoms with van der Waals surface area (Å²) in [6.45, 7) is -0.457. The highest BCUT2D eigenvalue weighted by molar-refractivity contribution is 5.91. The molecule has 0 fully saturated rings. The Labute approximate surface area is 114 Å². The molecule has 102 valence electrons. The van der Waals surface area contributed by atoms with E-state index in [2.05, 4.69) is 4.74 Å². The predicted octanol–water partition coefficient (Wildman–Crippen LogP) is 1.40. The van der Waals surface area contributed by atoms with Crippen molar-refractivity contribution < 1.29 is 23.5 Å². The van der Waals surface area contributed by atoms with Gasteiger partial charge in [0.1, 0.15) is 5.76 Å². The van der Waals surface area contributed by atoms with Crippen LogP contribution < -0.4 is 5.73 Å². The summed E-state index contributed by atoms with van der Waals surface area (Å²) in [6.07, 6.45) is 0.610. The number of hydrogen-bond donors (Lipinski definition) is 1. The number of rotatable bonds is 5. The van der Waals surface area contributed by atoms with E-state index in [0.29, 0.717) is 17.6 Å². The van der Waals surface area contributed by atoms with Gasteiger partial charge >= 0.3 is 5.97 Å². The van der Waals surface area contributed by atoms with Gasteiger partial charge in [0.2, 0.25) is 0 Å². The Morgan fingerprint density at radius 2 is 1.85 bits per heavy atom. The second kappa shape index (κ2) is 5.83. The van der Waals surface area contributed by atoms with Gasteiger partial charge in [0.05, 0.1) is 5.56 Å². The Morgan fingerprint density at radius 1 is 1.15 bits per heavy atom. The highest BCUT2D eigenvalue weighted by Crippen LogP contribution is 2.22. The summed E-state index contributed by atoms with van der Waals surface area (Å²) in [5.74, 6) is -0.607. The minimum atomic E-state index is -0.716. The van der Waals surface area contributed by atoms with Crippen LogP contribution in [-0.2, 0) is 9.53 Å². The molecule has 1 heterocycles. The molecule has 0 spiro atoms. The molecule has 0 aliphatic heterocycles. The molecule has 0 aliphatic rings. The minimum Gasteiger partial charge on any atom is -0.453 e. The quantitative estimate of drug-likeness (QED) is 0.655. The molecular weight excluding hydrogens is 262 g/mol. The van der Waals surface area contributed by atoms with Crippen LogP contribution in [0.3, 0.4) is 0 Å². The fraction of sp³-hybridized carbons (Fsp3) is 0.0714. The van der Waals surface area contributed by atoms with Crippen LogP contribution in [0.25, 0.3) is 11.3 Å². The third-order valence-electron chi connectivity index (χ3n) is 2.49. The van der Waals surface area contributed by atoms with Gasteiger partial charge in [0, 0.05) is 5.56 Å². The average molecular weight is 273 g/mol. The highest BCUT2D eigenvalue weighted by atomic mass is 16.5. The number of benzene rings is 1. The Morgan fingerprint density at radius 3 is 2.40 bits per heavy atom. The fourth-order valence-electron chi connectivity index (χ4n) is 1.56. The summed E-state index contributed by atoms with van der Waals surface area (Å²) >= 11 is 0. The Bertz CT molecular complexity index is 642. The molecule has 0 aliphatic carbocycles. The lowest BCUT2D eigenvalue weighted by atomic mass is 10.1. The molecule has 2 rings (SSSR count). The van der Waals surface area contributed by atoms with Gasteiger partial charge in [-0.05, 0) is 24.3 Å². The molecule has 0 bridgehead atoms. The number of furan rings is 1. The van der Waals surface area contributed by atoms with Crippen molar-refractivity contribution in [2.75, 3.05) is 6.61 Å². The number of amides is 1. The number of primary amides is 1. The molecule has 2 N–H and O–H groups in total. The molecular formula is C14H11NO5. The van der Waals surface area contributed by atoms with Crippen LogP contribution in [0.1, 0.15) is 20.9 Å². The zero-order chi connectivity index (χ0) is 14.5. The minimum absolute atomic E-state index is 0.227. The average Bonchev–Trinajstić information content (AvgIpc) is 2.94. The van der Waals surface area contributed by atoms with E-state index in [-0.39, 0.29) is 11.3 Å². The molecule has 6 nitrogen and oxygen atoms in total. The molecule has 6 heteroatoms. The largest absolute Gasteiger partial charge is 0.453 e. The van der Waals surface area contributed by atoms with E-state index in [4.69, 9.17) is 10.2 Å². The van der Waals surface area contributed by atoms with Crippen LogP contribution in [0.15, 0.2) is 40.8 Å². The lowest BCUT2D eigenvalue weighted by molar-refractivity contribution is -0.121. The molecule has 1 aromatic heterocycles. The summed E-state index contributed by atoms with van der Waals surface area (Å²) in [6, 6.07) is 9.56. The van der Waals surface area contributed by atoms with Gasteiger partial charge in [-0.3, -0.25) is 9.59 Å². The van der Waals surface area contributed by atoms with E-state index in [1.165, 1.54) is 12.1 Å². The predicted molar refractivity (Wildman–Crippen MR) is 69.0 cm³/mol. The smallest absolute Gasteiger partial charge is 0.338 e. The Kier molecular flexibility index (Phi) is 3.95. The first-order valence-corrected chi connectivity index (χ1v) is 5.71. The Balaban J connectivity index is 2.11. The number of ether oxygens (including phenoxy) is 1. The maximum Gasteiger partial charge on any atom is 0.338 e. The molecule has 0 atom stereocenters. The lowest BCUT2D eigenvalue weighted by Gasteiger charge is -2.03. The number of hydrogen-bond acceptors (Lipinski definition) is 5. The van der Waals surface area contributed by atoms with Crippen LogP contribution in [0.4, 0.5) is 0 Å². The summed E-state index contributed by atoms with van der Waals surface area (Å²) < 4.78 is 9.93. The topological polar surface area (TPSA) is 99.6 Å². The monoisotopic (exact) mass is 273 g/mol. The number of esters is 1. The number of carbonyl (C=O) groups is 3. The Hall–Kier alpha value is -2.89. The van der Waals surface area contributed by atoms with E-state index in [1.807, 2.05) is 0 Å². The van der Waals surface area contributed by atoms with E-state index in [9.17, 15) is 14.4 Å². The van der Waals surface area contributed by atoms with Gasteiger partial charge in [-0.25, -0.2) is 4.79 Å². The molecule has 0 saturated heterocycles. The lowest BCUT2D eigenvalue weighted by Crippen LogP contribution is -2.20. The van der Waals surface area contributed by atoms with Crippen LogP contribution >= 0.6 is 0 Å². The van der Waals surface area contributed by atoms with Gasteiger partial charge in [-0.1, -0.05) is 12.1 Å². The first-order chi connectivity index (χ1) is 9.60. The summed E-state index contributed by atoms with van der Waals surface area (Å²) in [4.78, 5) is 32.6. The SMILES string of the molecule is NC(=O)COC(=O)c1ccc(-c2ccc(C=O)o2)cc1. The third-order valence-corrected chi connectivity index (χ3v) is 2.49. The highest BCUT2D eigenvalue weighted by Gasteiger charge is 2.10. The van der Waals surface area contributed by atoms with Crippen molar-refractivity contribution in [3.63, 3.8) is 0 Å². The fourth-order valence-corrected chi connectivity index (χ4v) is 1.56. The first-order valence-electron chi connectivity index (χ1n) is 5.71. The molecule has 20 heavy (non-hydrogen) atoms. The molecule has 1 aromatic carbocycles. The normalized spacial score (nSPS) is 10.0. The van der Waals surface area contributed by atoms with Crippen LogP contribution in [0, 0.1) is 0 Å². The second-order valence-corrected chi connectivity index (χ2v) is 3.94. The molecule has 0 saturated carbocycles. The maximum atomic E-state index is 11.5. The van der Waals surface area contributed by atoms with Crippen molar-refractivity contribution in [3.05, 3.63) is 47.7 Å². The second-order valence-electron chi connectivity index (χ2n) is 3.94. The van der Waals surface area contributed by atoms with Gasteiger partial charge in [-0.15, -0.1) is 0 Å². The van der Waals surface area contributed by atoms with E-state index >= 15 is 0 Å². The van der Waals surface area contributed by atoms with Crippen molar-refractivity contribution >= 4 is 18.2 Å². The number of carbonyl (C=O) groups excluding carboxylic acids is 3. The van der Waals surface area contributed by atoms with Crippen LogP contribution in [-0.4, -0.2) is 24.8 Å². The number of aldehydes is 1. The zero-order valence-corrected chi connectivity index (χ0v) is 10.4. The van der Waals surface area contributed by atoms with Crippen LogP contribution in [0.2, 0.25) is 0 Å². The molecule has 1 amide bonds. The van der Waals surface area contributed by atoms with Crippen molar-refractivity contribution in [2.24, 2.45) is 5.73 Å². The van der Waals surface area contributed by atoms with Crippen molar-refractivity contribution in [1.82, 2.24) is 0 Å². The van der Waals surface area contributed by atoms with Gasteiger partial charge in [0.25, 0.3) is 5.91 Å². The van der Waals surface area contributed by atoms with Crippen LogP contribution in [0.5, 0.6) is 0 Å². The van der Waals surface area contributed by atoms with Gasteiger partial charge < -0.3 is 14.9 Å². The van der Waals surface area contributed by atoms with Crippen molar-refractivity contribution in [3.8, 4) is 11.3 Å². The van der Waals surface area contributed by atoms with Gasteiger partial charge in [-0.2, -0.15) is 0 Å². The van der Waals surface area contributed by atoms with E-state index in [1.54, 1.807) is 24.3 Å².